The van der Waals surface area contributed by atoms with Gasteiger partial charge in [0.05, 0.1) is 0 Å². The van der Waals surface area contributed by atoms with Gasteiger partial charge in [0.25, 0.3) is 0 Å². The van der Waals surface area contributed by atoms with E-state index in [1.807, 2.05) is 20.8 Å². The van der Waals surface area contributed by atoms with E-state index in [0.29, 0.717) is 19.0 Å². The van der Waals surface area contributed by atoms with E-state index in [0.717, 1.165) is 12.8 Å². The Kier molecular flexibility index (Phi) is 5.29. The van der Waals surface area contributed by atoms with Crippen molar-refractivity contribution in [1.82, 2.24) is 10.2 Å². The van der Waals surface area contributed by atoms with Crippen LogP contribution in [0.5, 0.6) is 0 Å². The maximum atomic E-state index is 12.3. The van der Waals surface area contributed by atoms with Gasteiger partial charge in [0.15, 0.2) is 0 Å². The van der Waals surface area contributed by atoms with Gasteiger partial charge in [-0.25, -0.2) is 9.59 Å². The minimum atomic E-state index is -0.986. The lowest BCUT2D eigenvalue weighted by molar-refractivity contribution is -0.142. The van der Waals surface area contributed by atoms with Gasteiger partial charge in [-0.1, -0.05) is 41.5 Å². The van der Waals surface area contributed by atoms with Crippen molar-refractivity contribution >= 4 is 12.0 Å². The maximum absolute atomic E-state index is 12.3. The number of hydrogen-bond acceptors (Lipinski definition) is 2. The number of carboxylic acids is 1. The summed E-state index contributed by atoms with van der Waals surface area (Å²) in [4.78, 5) is 25.3. The van der Waals surface area contributed by atoms with Crippen LogP contribution in [0.1, 0.15) is 54.4 Å². The summed E-state index contributed by atoms with van der Waals surface area (Å²) in [5.74, 6) is -0.375. The predicted octanol–water partition coefficient (Wildman–Crippen LogP) is 2.95. The van der Waals surface area contributed by atoms with Crippen LogP contribution in [0.3, 0.4) is 0 Å². The fraction of sp³-hybridized carbons (Fsp3) is 0.875. The topological polar surface area (TPSA) is 69.6 Å². The molecule has 0 spiro atoms. The second kappa shape index (κ2) is 6.24. The third-order valence-electron chi connectivity index (χ3n) is 4.39. The zero-order valence-electron chi connectivity index (χ0n) is 14.2. The van der Waals surface area contributed by atoms with Crippen molar-refractivity contribution < 1.29 is 14.7 Å². The third kappa shape index (κ3) is 4.90. The highest BCUT2D eigenvalue weighted by molar-refractivity contribution is 5.83. The van der Waals surface area contributed by atoms with Crippen molar-refractivity contribution in [3.63, 3.8) is 0 Å². The van der Waals surface area contributed by atoms with Crippen LogP contribution in [0.25, 0.3) is 0 Å². The van der Waals surface area contributed by atoms with Gasteiger partial charge < -0.3 is 15.3 Å². The van der Waals surface area contributed by atoms with E-state index in [1.54, 1.807) is 4.90 Å². The summed E-state index contributed by atoms with van der Waals surface area (Å²) in [6.45, 7) is 13.5. The van der Waals surface area contributed by atoms with Crippen LogP contribution in [-0.4, -0.2) is 41.1 Å². The van der Waals surface area contributed by atoms with Gasteiger partial charge in [0.1, 0.15) is 6.04 Å². The summed E-state index contributed by atoms with van der Waals surface area (Å²) in [7, 11) is 0. The third-order valence-corrected chi connectivity index (χ3v) is 4.39. The van der Waals surface area contributed by atoms with Crippen molar-refractivity contribution in [3.8, 4) is 0 Å². The average Bonchev–Trinajstić information content (AvgIpc) is 2.33. The van der Waals surface area contributed by atoms with Gasteiger partial charge in [0, 0.05) is 13.1 Å². The number of nitrogens with zero attached hydrogens (tertiary/aromatic N) is 1. The molecule has 0 aromatic heterocycles. The number of hydrogen-bond donors (Lipinski definition) is 2. The molecule has 0 radical (unpaired) electrons. The van der Waals surface area contributed by atoms with Crippen molar-refractivity contribution in [3.05, 3.63) is 0 Å². The molecule has 0 saturated carbocycles. The monoisotopic (exact) mass is 298 g/mol. The summed E-state index contributed by atoms with van der Waals surface area (Å²) in [6, 6.07) is -1.13. The fourth-order valence-corrected chi connectivity index (χ4v) is 2.81. The minimum absolute atomic E-state index is 0.260. The molecule has 1 rings (SSSR count). The minimum Gasteiger partial charge on any atom is -0.480 e. The highest BCUT2D eigenvalue weighted by atomic mass is 16.4. The molecule has 2 N–H and O–H groups in total. The number of amides is 2. The SMILES string of the molecule is CC(C)(C)C1CCN(C(=O)N[C@H](C(=O)O)C(C)(C)C)CC1. The molecule has 0 unspecified atom stereocenters. The number of aliphatic carboxylic acids is 1. The number of carbonyl (C=O) groups is 2. The standard InChI is InChI=1S/C16H30N2O3/c1-15(2,3)11-7-9-18(10-8-11)14(21)17-12(13(19)20)16(4,5)6/h11-12H,7-10H2,1-6H3,(H,17,21)(H,19,20)/t12-/m1/s1. The molecule has 0 aliphatic carbocycles. The van der Waals surface area contributed by atoms with E-state index < -0.39 is 17.4 Å². The van der Waals surface area contributed by atoms with Gasteiger partial charge >= 0.3 is 12.0 Å². The summed E-state index contributed by atoms with van der Waals surface area (Å²) in [5.41, 5.74) is -0.247. The Balaban J connectivity index is 2.60. The lowest BCUT2D eigenvalue weighted by atomic mass is 9.75. The quantitative estimate of drug-likeness (QED) is 0.823. The molecule has 1 heterocycles. The van der Waals surface area contributed by atoms with Crippen molar-refractivity contribution in [2.24, 2.45) is 16.7 Å². The van der Waals surface area contributed by atoms with E-state index in [-0.39, 0.29) is 11.4 Å². The summed E-state index contributed by atoms with van der Waals surface area (Å²) >= 11 is 0. The molecular formula is C16H30N2O3. The van der Waals surface area contributed by atoms with E-state index in [9.17, 15) is 14.7 Å². The number of rotatable bonds is 2. The molecule has 1 saturated heterocycles. The molecule has 1 aliphatic rings. The van der Waals surface area contributed by atoms with Crippen LogP contribution in [0.15, 0.2) is 0 Å². The fourth-order valence-electron chi connectivity index (χ4n) is 2.81. The Morgan fingerprint density at radius 1 is 1.10 bits per heavy atom. The molecular weight excluding hydrogens is 268 g/mol. The van der Waals surface area contributed by atoms with E-state index >= 15 is 0 Å². The highest BCUT2D eigenvalue weighted by Crippen LogP contribution is 2.34. The van der Waals surface area contributed by atoms with Gasteiger partial charge in [-0.15, -0.1) is 0 Å². The van der Waals surface area contributed by atoms with E-state index in [2.05, 4.69) is 26.1 Å². The number of urea groups is 1. The summed E-state index contributed by atoms with van der Waals surface area (Å²) in [5, 5.41) is 11.9. The van der Waals surface area contributed by atoms with Crippen LogP contribution in [0.4, 0.5) is 4.79 Å². The van der Waals surface area contributed by atoms with Crippen LogP contribution in [0, 0.1) is 16.7 Å². The number of piperidine rings is 1. The first-order valence-corrected chi connectivity index (χ1v) is 7.71. The summed E-state index contributed by atoms with van der Waals surface area (Å²) < 4.78 is 0. The molecule has 1 fully saturated rings. The van der Waals surface area contributed by atoms with Crippen molar-refractivity contribution in [1.29, 1.82) is 0 Å². The largest absolute Gasteiger partial charge is 0.480 e. The van der Waals surface area contributed by atoms with Crippen molar-refractivity contribution in [2.75, 3.05) is 13.1 Å². The first kappa shape index (κ1) is 17.8. The lowest BCUT2D eigenvalue weighted by Crippen LogP contribution is -2.54. The molecule has 122 valence electrons. The first-order chi connectivity index (χ1) is 9.43. The van der Waals surface area contributed by atoms with E-state index in [1.165, 1.54) is 0 Å². The average molecular weight is 298 g/mol. The molecule has 0 aromatic rings. The first-order valence-electron chi connectivity index (χ1n) is 7.71. The molecule has 21 heavy (non-hydrogen) atoms. The van der Waals surface area contributed by atoms with Crippen LogP contribution < -0.4 is 5.32 Å². The Bertz CT molecular complexity index is 385. The summed E-state index contributed by atoms with van der Waals surface area (Å²) in [6.07, 6.45) is 1.95. The molecule has 1 atom stereocenters. The van der Waals surface area contributed by atoms with Gasteiger partial charge in [0.2, 0.25) is 0 Å². The Morgan fingerprint density at radius 3 is 1.90 bits per heavy atom. The second-order valence-electron chi connectivity index (χ2n) is 8.21. The number of carboxylic acid groups (broad SMARTS) is 1. The second-order valence-corrected chi connectivity index (χ2v) is 8.21. The molecule has 5 nitrogen and oxygen atoms in total. The smallest absolute Gasteiger partial charge is 0.326 e. The molecule has 0 bridgehead atoms. The molecule has 2 amide bonds. The van der Waals surface area contributed by atoms with Crippen LogP contribution in [-0.2, 0) is 4.79 Å². The Morgan fingerprint density at radius 2 is 1.57 bits per heavy atom. The van der Waals surface area contributed by atoms with Crippen LogP contribution in [0.2, 0.25) is 0 Å². The van der Waals surface area contributed by atoms with Crippen molar-refractivity contribution in [2.45, 2.75) is 60.4 Å². The van der Waals surface area contributed by atoms with Gasteiger partial charge in [-0.2, -0.15) is 0 Å². The Hall–Kier alpha value is -1.26. The zero-order chi connectivity index (χ0) is 16.4. The number of likely N-dealkylation sites (tertiary alicyclic amines) is 1. The van der Waals surface area contributed by atoms with Crippen LogP contribution >= 0.6 is 0 Å². The zero-order valence-corrected chi connectivity index (χ0v) is 14.2. The predicted molar refractivity (Wildman–Crippen MR) is 83.2 cm³/mol. The molecule has 0 aromatic carbocycles. The Labute approximate surface area is 128 Å². The highest BCUT2D eigenvalue weighted by Gasteiger charge is 2.35. The van der Waals surface area contributed by atoms with E-state index in [4.69, 9.17) is 0 Å². The normalized spacial score (nSPS) is 19.2. The van der Waals surface area contributed by atoms with Gasteiger partial charge in [-0.3, -0.25) is 0 Å². The number of nitrogens with one attached hydrogen (secondary N) is 1. The maximum Gasteiger partial charge on any atom is 0.326 e. The molecule has 1 aliphatic heterocycles. The molecule has 5 heteroatoms. The lowest BCUT2D eigenvalue weighted by Gasteiger charge is -2.39. The number of carbonyl (C=O) groups excluding carboxylic acids is 1. The van der Waals surface area contributed by atoms with Gasteiger partial charge in [-0.05, 0) is 29.6 Å².